The molecule has 2 heterocycles. The number of nitrogens with two attached hydrogens (primary N) is 1. The highest BCUT2D eigenvalue weighted by atomic mass is 19.1. The maximum atomic E-state index is 13.7. The summed E-state index contributed by atoms with van der Waals surface area (Å²) in [7, 11) is 0. The molecule has 1 aliphatic heterocycles. The van der Waals surface area contributed by atoms with Gasteiger partial charge in [0.15, 0.2) is 17.3 Å². The van der Waals surface area contributed by atoms with Gasteiger partial charge in [-0.3, -0.25) is 4.79 Å². The van der Waals surface area contributed by atoms with Gasteiger partial charge in [0, 0.05) is 25.3 Å². The zero-order valence-electron chi connectivity index (χ0n) is 11.2. The molecular weight excluding hydrogens is 278 g/mol. The van der Waals surface area contributed by atoms with Gasteiger partial charge in [-0.05, 0) is 24.6 Å². The molecule has 0 aliphatic carbocycles. The van der Waals surface area contributed by atoms with E-state index in [1.165, 1.54) is 18.3 Å². The van der Waals surface area contributed by atoms with Crippen molar-refractivity contribution in [1.82, 2.24) is 14.7 Å². The molecule has 7 heteroatoms. The molecule has 0 bridgehead atoms. The predicted molar refractivity (Wildman–Crippen MR) is 72.0 cm³/mol. The number of likely N-dealkylation sites (tertiary alicyclic amines) is 1. The molecule has 110 valence electrons. The van der Waals surface area contributed by atoms with E-state index in [4.69, 9.17) is 5.73 Å². The Balaban J connectivity index is 1.88. The van der Waals surface area contributed by atoms with E-state index in [0.717, 1.165) is 23.2 Å². The Hall–Kier alpha value is -2.28. The number of para-hydroxylation sites is 1. The molecule has 0 spiro atoms. The lowest BCUT2D eigenvalue weighted by atomic mass is 10.3. The van der Waals surface area contributed by atoms with Gasteiger partial charge in [-0.2, -0.15) is 5.10 Å². The van der Waals surface area contributed by atoms with Gasteiger partial charge in [0.25, 0.3) is 5.91 Å². The molecule has 1 amide bonds. The summed E-state index contributed by atoms with van der Waals surface area (Å²) in [5, 5.41) is 3.98. The number of benzene rings is 1. The zero-order chi connectivity index (χ0) is 15.0. The predicted octanol–water partition coefficient (Wildman–Crippen LogP) is 1.32. The van der Waals surface area contributed by atoms with Crippen LogP contribution in [0.3, 0.4) is 0 Å². The van der Waals surface area contributed by atoms with E-state index in [1.54, 1.807) is 4.90 Å². The molecule has 1 saturated heterocycles. The number of carbonyl (C=O) groups excluding carboxylic acids is 1. The van der Waals surface area contributed by atoms with Crippen LogP contribution in [0.2, 0.25) is 0 Å². The second-order valence-electron chi connectivity index (χ2n) is 5.02. The van der Waals surface area contributed by atoms with Crippen LogP contribution in [-0.2, 0) is 0 Å². The van der Waals surface area contributed by atoms with E-state index >= 15 is 0 Å². The SMILES string of the molecule is N[C@@H]1CCN(C(=O)c2ccn(-c3c(F)cccc3F)n2)C1. The van der Waals surface area contributed by atoms with Crippen LogP contribution in [0.1, 0.15) is 16.9 Å². The van der Waals surface area contributed by atoms with Gasteiger partial charge in [-0.25, -0.2) is 13.5 Å². The fourth-order valence-corrected chi connectivity index (χ4v) is 2.40. The lowest BCUT2D eigenvalue weighted by molar-refractivity contribution is 0.0784. The lowest BCUT2D eigenvalue weighted by Crippen LogP contribution is -2.32. The number of nitrogens with zero attached hydrogens (tertiary/aromatic N) is 3. The average molecular weight is 292 g/mol. The molecule has 0 saturated carbocycles. The van der Waals surface area contributed by atoms with Gasteiger partial charge < -0.3 is 10.6 Å². The van der Waals surface area contributed by atoms with Gasteiger partial charge in [-0.15, -0.1) is 0 Å². The van der Waals surface area contributed by atoms with Crippen LogP contribution < -0.4 is 5.73 Å². The van der Waals surface area contributed by atoms with E-state index in [1.807, 2.05) is 0 Å². The highest BCUT2D eigenvalue weighted by molar-refractivity contribution is 5.92. The summed E-state index contributed by atoms with van der Waals surface area (Å²) in [6.45, 7) is 1.04. The van der Waals surface area contributed by atoms with Crippen LogP contribution in [0.15, 0.2) is 30.5 Å². The summed E-state index contributed by atoms with van der Waals surface area (Å²) in [6.07, 6.45) is 2.11. The summed E-state index contributed by atoms with van der Waals surface area (Å²) in [5.74, 6) is -1.75. The number of rotatable bonds is 2. The van der Waals surface area contributed by atoms with Crippen LogP contribution in [0.5, 0.6) is 0 Å². The second kappa shape index (κ2) is 5.25. The third-order valence-corrected chi connectivity index (χ3v) is 3.49. The number of hydrogen-bond acceptors (Lipinski definition) is 3. The van der Waals surface area contributed by atoms with Crippen LogP contribution in [-0.4, -0.2) is 39.7 Å². The topological polar surface area (TPSA) is 64.2 Å². The minimum atomic E-state index is -0.736. The van der Waals surface area contributed by atoms with Crippen LogP contribution in [0.4, 0.5) is 8.78 Å². The van der Waals surface area contributed by atoms with Crippen molar-refractivity contribution in [3.63, 3.8) is 0 Å². The van der Waals surface area contributed by atoms with Gasteiger partial charge in [0.05, 0.1) is 0 Å². The average Bonchev–Trinajstić information content (AvgIpc) is 3.07. The Bertz CT molecular complexity index is 665. The van der Waals surface area contributed by atoms with Crippen molar-refractivity contribution in [1.29, 1.82) is 0 Å². The summed E-state index contributed by atoms with van der Waals surface area (Å²) in [6, 6.07) is 4.97. The second-order valence-corrected chi connectivity index (χ2v) is 5.02. The van der Waals surface area contributed by atoms with Crippen LogP contribution >= 0.6 is 0 Å². The highest BCUT2D eigenvalue weighted by Gasteiger charge is 2.26. The molecule has 1 aliphatic rings. The van der Waals surface area contributed by atoms with Crippen LogP contribution in [0.25, 0.3) is 5.69 Å². The molecular formula is C14H14F2N4O. The molecule has 1 aromatic carbocycles. The Kier molecular flexibility index (Phi) is 3.42. The first-order valence-corrected chi connectivity index (χ1v) is 6.61. The Morgan fingerprint density at radius 1 is 1.29 bits per heavy atom. The van der Waals surface area contributed by atoms with Gasteiger partial charge in [0.1, 0.15) is 5.69 Å². The molecule has 0 unspecified atom stereocenters. The minimum Gasteiger partial charge on any atom is -0.336 e. The molecule has 3 rings (SSSR count). The lowest BCUT2D eigenvalue weighted by Gasteiger charge is -2.13. The van der Waals surface area contributed by atoms with Crippen molar-refractivity contribution in [3.8, 4) is 5.69 Å². The first-order valence-electron chi connectivity index (χ1n) is 6.61. The maximum Gasteiger partial charge on any atom is 0.274 e. The van der Waals surface area contributed by atoms with Crippen molar-refractivity contribution in [2.24, 2.45) is 5.73 Å². The van der Waals surface area contributed by atoms with E-state index < -0.39 is 11.6 Å². The quantitative estimate of drug-likeness (QED) is 0.908. The van der Waals surface area contributed by atoms with Crippen molar-refractivity contribution in [2.75, 3.05) is 13.1 Å². The summed E-state index contributed by atoms with van der Waals surface area (Å²) in [4.78, 5) is 13.8. The van der Waals surface area contributed by atoms with E-state index in [9.17, 15) is 13.6 Å². The van der Waals surface area contributed by atoms with Crippen molar-refractivity contribution >= 4 is 5.91 Å². The molecule has 21 heavy (non-hydrogen) atoms. The number of amides is 1. The largest absolute Gasteiger partial charge is 0.336 e. The third kappa shape index (κ3) is 2.52. The van der Waals surface area contributed by atoms with Gasteiger partial charge in [-0.1, -0.05) is 6.07 Å². The van der Waals surface area contributed by atoms with Crippen molar-refractivity contribution in [3.05, 3.63) is 47.8 Å². The molecule has 5 nitrogen and oxygen atoms in total. The minimum absolute atomic E-state index is 0.0277. The Labute approximate surface area is 120 Å². The van der Waals surface area contributed by atoms with Gasteiger partial charge in [0.2, 0.25) is 0 Å². The van der Waals surface area contributed by atoms with Crippen LogP contribution in [0, 0.1) is 11.6 Å². The summed E-state index contributed by atoms with van der Waals surface area (Å²) < 4.78 is 28.4. The van der Waals surface area contributed by atoms with Crippen molar-refractivity contribution < 1.29 is 13.6 Å². The molecule has 1 fully saturated rings. The summed E-state index contributed by atoms with van der Waals surface area (Å²) in [5.41, 5.74) is 5.61. The van der Waals surface area contributed by atoms with Crippen molar-refractivity contribution in [2.45, 2.75) is 12.5 Å². The smallest absolute Gasteiger partial charge is 0.274 e. The first-order chi connectivity index (χ1) is 10.1. The first kappa shape index (κ1) is 13.7. The Morgan fingerprint density at radius 3 is 2.62 bits per heavy atom. The molecule has 1 atom stereocenters. The fraction of sp³-hybridized carbons (Fsp3) is 0.286. The van der Waals surface area contributed by atoms with E-state index in [0.29, 0.717) is 13.1 Å². The third-order valence-electron chi connectivity index (χ3n) is 3.49. The maximum absolute atomic E-state index is 13.7. The fourth-order valence-electron chi connectivity index (χ4n) is 2.40. The summed E-state index contributed by atoms with van der Waals surface area (Å²) >= 11 is 0. The molecule has 1 aromatic heterocycles. The van der Waals surface area contributed by atoms with E-state index in [-0.39, 0.29) is 23.3 Å². The monoisotopic (exact) mass is 292 g/mol. The number of halogens is 2. The number of hydrogen-bond donors (Lipinski definition) is 1. The highest BCUT2D eigenvalue weighted by Crippen LogP contribution is 2.18. The zero-order valence-corrected chi connectivity index (χ0v) is 11.2. The molecule has 0 radical (unpaired) electrons. The Morgan fingerprint density at radius 2 is 2.00 bits per heavy atom. The van der Waals surface area contributed by atoms with Gasteiger partial charge >= 0.3 is 0 Å². The molecule has 2 aromatic rings. The number of carbonyl (C=O) groups is 1. The normalized spacial score (nSPS) is 18.2. The number of aromatic nitrogens is 2. The standard InChI is InChI=1S/C14H14F2N4O/c15-10-2-1-3-11(16)13(10)20-7-5-12(18-20)14(21)19-6-4-9(17)8-19/h1-3,5,7,9H,4,6,8,17H2/t9-/m1/s1. The van der Waals surface area contributed by atoms with E-state index in [2.05, 4.69) is 5.10 Å². The molecule has 2 N–H and O–H groups in total.